The average molecular weight is 123 g/mol. The van der Waals surface area contributed by atoms with Crippen molar-refractivity contribution in [1.29, 1.82) is 0 Å². The van der Waals surface area contributed by atoms with Gasteiger partial charge < -0.3 is 0 Å². The molecular formula is C7H9NO. The van der Waals surface area contributed by atoms with Crippen LogP contribution in [0.3, 0.4) is 0 Å². The lowest BCUT2D eigenvalue weighted by atomic mass is 10.2. The minimum atomic E-state index is 0.113. The second-order valence-corrected chi connectivity index (χ2v) is 3.08. The van der Waals surface area contributed by atoms with Gasteiger partial charge in [0, 0.05) is 0 Å². The Hall–Kier alpha value is -0.620. The molecule has 2 aliphatic rings. The Bertz CT molecular complexity index is 173. The molecule has 0 aliphatic heterocycles. The quantitative estimate of drug-likeness (QED) is 0.401. The van der Waals surface area contributed by atoms with Crippen LogP contribution in [-0.4, -0.2) is 11.6 Å². The van der Waals surface area contributed by atoms with E-state index >= 15 is 0 Å². The third-order valence-electron chi connectivity index (χ3n) is 2.37. The molecule has 2 nitrogen and oxygen atoms in total. The van der Waals surface area contributed by atoms with Gasteiger partial charge in [0.1, 0.15) is 0 Å². The van der Waals surface area contributed by atoms with Crippen LogP contribution in [0, 0.1) is 5.92 Å². The molecule has 0 aromatic carbocycles. The number of hydrogen-bond acceptors (Lipinski definition) is 2. The van der Waals surface area contributed by atoms with Gasteiger partial charge in [0.25, 0.3) is 0 Å². The largest absolute Gasteiger partial charge is 0.235 e. The molecule has 2 saturated carbocycles. The Morgan fingerprint density at radius 1 is 1.44 bits per heavy atom. The van der Waals surface area contributed by atoms with Crippen molar-refractivity contribution >= 4 is 6.08 Å². The molecule has 2 aliphatic carbocycles. The summed E-state index contributed by atoms with van der Waals surface area (Å²) in [5.41, 5.74) is 0.113. The Balaban J connectivity index is 2.12. The molecule has 0 saturated heterocycles. The summed E-state index contributed by atoms with van der Waals surface area (Å²) >= 11 is 0. The fraction of sp³-hybridized carbons (Fsp3) is 0.857. The standard InChI is InChI=1S/C7H9NO/c9-5-8-7(3-4-7)6-1-2-6/h6H,1-4H2. The highest BCUT2D eigenvalue weighted by atomic mass is 16.1. The summed E-state index contributed by atoms with van der Waals surface area (Å²) in [7, 11) is 0. The number of hydrogen-bond donors (Lipinski definition) is 0. The van der Waals surface area contributed by atoms with Crippen molar-refractivity contribution < 1.29 is 4.79 Å². The number of rotatable bonds is 2. The van der Waals surface area contributed by atoms with Crippen LogP contribution in [0.15, 0.2) is 4.99 Å². The van der Waals surface area contributed by atoms with Crippen LogP contribution in [0.2, 0.25) is 0 Å². The zero-order chi connectivity index (χ0) is 6.32. The van der Waals surface area contributed by atoms with Crippen LogP contribution >= 0.6 is 0 Å². The Morgan fingerprint density at radius 2 is 2.11 bits per heavy atom. The van der Waals surface area contributed by atoms with E-state index in [1.807, 2.05) is 0 Å². The lowest BCUT2D eigenvalue weighted by molar-refractivity contribution is 0.539. The van der Waals surface area contributed by atoms with E-state index in [-0.39, 0.29) is 5.54 Å². The maximum absolute atomic E-state index is 9.90. The molecule has 9 heavy (non-hydrogen) atoms. The molecule has 0 amide bonds. The molecule has 0 heterocycles. The Morgan fingerprint density at radius 3 is 2.44 bits per heavy atom. The average Bonchev–Trinajstić information content (AvgIpc) is 2.61. The van der Waals surface area contributed by atoms with Crippen LogP contribution in [0.25, 0.3) is 0 Å². The molecule has 0 aromatic rings. The molecule has 0 N–H and O–H groups in total. The van der Waals surface area contributed by atoms with Crippen LogP contribution in [0.4, 0.5) is 0 Å². The van der Waals surface area contributed by atoms with Crippen molar-refractivity contribution in [2.75, 3.05) is 0 Å². The molecule has 2 rings (SSSR count). The second kappa shape index (κ2) is 1.45. The Labute approximate surface area is 54.0 Å². The monoisotopic (exact) mass is 123 g/mol. The van der Waals surface area contributed by atoms with Crippen LogP contribution in [0.5, 0.6) is 0 Å². The molecule has 0 atom stereocenters. The van der Waals surface area contributed by atoms with E-state index in [9.17, 15) is 4.79 Å². The van der Waals surface area contributed by atoms with Crippen molar-refractivity contribution in [3.8, 4) is 0 Å². The molecule has 0 radical (unpaired) electrons. The number of nitrogens with zero attached hydrogens (tertiary/aromatic N) is 1. The first kappa shape index (κ1) is 5.19. The molecule has 2 fully saturated rings. The zero-order valence-electron chi connectivity index (χ0n) is 5.26. The highest BCUT2D eigenvalue weighted by Gasteiger charge is 2.54. The van der Waals surface area contributed by atoms with Crippen molar-refractivity contribution in [2.45, 2.75) is 31.2 Å². The fourth-order valence-corrected chi connectivity index (χ4v) is 1.45. The summed E-state index contributed by atoms with van der Waals surface area (Å²) in [5, 5.41) is 0. The third kappa shape index (κ3) is 0.707. The fourth-order valence-electron chi connectivity index (χ4n) is 1.45. The summed E-state index contributed by atoms with van der Waals surface area (Å²) < 4.78 is 0. The normalized spacial score (nSPS) is 28.9. The zero-order valence-corrected chi connectivity index (χ0v) is 5.26. The van der Waals surface area contributed by atoms with Gasteiger partial charge in [-0.2, -0.15) is 4.99 Å². The number of carbonyl (C=O) groups excluding carboxylic acids is 1. The first-order chi connectivity index (χ1) is 4.37. The predicted molar refractivity (Wildman–Crippen MR) is 32.8 cm³/mol. The van der Waals surface area contributed by atoms with Gasteiger partial charge in [-0.25, -0.2) is 4.79 Å². The van der Waals surface area contributed by atoms with Gasteiger partial charge in [0.2, 0.25) is 6.08 Å². The lowest BCUT2D eigenvalue weighted by Gasteiger charge is -2.00. The summed E-state index contributed by atoms with van der Waals surface area (Å²) in [6.07, 6.45) is 6.50. The van der Waals surface area contributed by atoms with Gasteiger partial charge in [-0.05, 0) is 31.6 Å². The van der Waals surface area contributed by atoms with Gasteiger partial charge in [0.05, 0.1) is 5.54 Å². The topological polar surface area (TPSA) is 29.4 Å². The van der Waals surface area contributed by atoms with E-state index in [0.29, 0.717) is 0 Å². The van der Waals surface area contributed by atoms with Crippen LogP contribution in [0.1, 0.15) is 25.7 Å². The minimum absolute atomic E-state index is 0.113. The summed E-state index contributed by atoms with van der Waals surface area (Å²) in [6, 6.07) is 0. The van der Waals surface area contributed by atoms with Crippen molar-refractivity contribution in [3.05, 3.63) is 0 Å². The summed E-state index contributed by atoms with van der Waals surface area (Å²) in [5.74, 6) is 0.749. The maximum Gasteiger partial charge on any atom is 0.235 e. The van der Waals surface area contributed by atoms with Crippen molar-refractivity contribution in [1.82, 2.24) is 0 Å². The molecule has 0 unspecified atom stereocenters. The van der Waals surface area contributed by atoms with Gasteiger partial charge in [-0.3, -0.25) is 0 Å². The number of aliphatic imine (C=N–C) groups is 1. The molecule has 0 bridgehead atoms. The second-order valence-electron chi connectivity index (χ2n) is 3.08. The van der Waals surface area contributed by atoms with Crippen molar-refractivity contribution in [3.63, 3.8) is 0 Å². The molecular weight excluding hydrogens is 114 g/mol. The molecule has 2 heteroatoms. The first-order valence-corrected chi connectivity index (χ1v) is 3.46. The van der Waals surface area contributed by atoms with E-state index in [2.05, 4.69) is 4.99 Å². The number of isocyanates is 1. The van der Waals surface area contributed by atoms with E-state index in [1.54, 1.807) is 6.08 Å². The van der Waals surface area contributed by atoms with Gasteiger partial charge in [0.15, 0.2) is 0 Å². The predicted octanol–water partition coefficient (Wildman–Crippen LogP) is 1.26. The summed E-state index contributed by atoms with van der Waals surface area (Å²) in [4.78, 5) is 13.7. The SMILES string of the molecule is O=C=NC1(C2CC2)CC1. The van der Waals surface area contributed by atoms with E-state index < -0.39 is 0 Å². The van der Waals surface area contributed by atoms with Gasteiger partial charge >= 0.3 is 0 Å². The van der Waals surface area contributed by atoms with E-state index in [1.165, 1.54) is 12.8 Å². The minimum Gasteiger partial charge on any atom is -0.211 e. The first-order valence-electron chi connectivity index (χ1n) is 3.46. The maximum atomic E-state index is 9.90. The molecule has 0 spiro atoms. The smallest absolute Gasteiger partial charge is 0.211 e. The highest BCUT2D eigenvalue weighted by molar-refractivity contribution is 5.37. The Kier molecular flexibility index (Phi) is 0.837. The summed E-state index contributed by atoms with van der Waals surface area (Å²) in [6.45, 7) is 0. The highest BCUT2D eigenvalue weighted by Crippen LogP contribution is 2.56. The van der Waals surface area contributed by atoms with Gasteiger partial charge in [-0.1, -0.05) is 0 Å². The van der Waals surface area contributed by atoms with Crippen LogP contribution in [-0.2, 0) is 4.79 Å². The molecule has 48 valence electrons. The van der Waals surface area contributed by atoms with Crippen molar-refractivity contribution in [2.24, 2.45) is 10.9 Å². The molecule has 0 aromatic heterocycles. The van der Waals surface area contributed by atoms with E-state index in [0.717, 1.165) is 18.8 Å². The lowest BCUT2D eigenvalue weighted by Crippen LogP contribution is -2.05. The van der Waals surface area contributed by atoms with E-state index in [4.69, 9.17) is 0 Å². The third-order valence-corrected chi connectivity index (χ3v) is 2.37. The van der Waals surface area contributed by atoms with Crippen LogP contribution < -0.4 is 0 Å². The van der Waals surface area contributed by atoms with Gasteiger partial charge in [-0.15, -0.1) is 0 Å².